The van der Waals surface area contributed by atoms with Crippen molar-refractivity contribution in [2.75, 3.05) is 23.3 Å². The van der Waals surface area contributed by atoms with E-state index in [4.69, 9.17) is 4.42 Å². The molecule has 1 aliphatic rings. The summed E-state index contributed by atoms with van der Waals surface area (Å²) in [5, 5.41) is 8.16. The lowest BCUT2D eigenvalue weighted by Gasteiger charge is -2.27. The van der Waals surface area contributed by atoms with Crippen LogP contribution in [-0.4, -0.2) is 38.7 Å². The summed E-state index contributed by atoms with van der Waals surface area (Å²) in [6, 6.07) is 9.23. The SMILES string of the molecule is Cc1nn(C)c2nc(-c3ccco3)cc(C(=O)Nc3ccc(N4CCCCC4)nc3)c12. The Balaban J connectivity index is 1.46. The molecule has 4 aromatic rings. The van der Waals surface area contributed by atoms with Crippen LogP contribution in [0.5, 0.6) is 0 Å². The van der Waals surface area contributed by atoms with E-state index < -0.39 is 0 Å². The quantitative estimate of drug-likeness (QED) is 0.537. The molecule has 1 N–H and O–H groups in total. The van der Waals surface area contributed by atoms with Crippen LogP contribution in [0.3, 0.4) is 0 Å². The molecule has 0 bridgehead atoms. The summed E-state index contributed by atoms with van der Waals surface area (Å²) < 4.78 is 7.18. The molecule has 0 aliphatic carbocycles. The number of hydrogen-bond acceptors (Lipinski definition) is 6. The standard InChI is InChI=1S/C23H24N6O2/c1-15-21-17(13-18(19-7-6-12-31-19)26-22(21)28(2)27-15)23(30)25-16-8-9-20(24-14-16)29-10-4-3-5-11-29/h6-9,12-14H,3-5,10-11H2,1-2H3,(H,25,30). The first-order valence-corrected chi connectivity index (χ1v) is 10.5. The Hall–Kier alpha value is -3.68. The molecule has 0 spiro atoms. The normalized spacial score (nSPS) is 14.2. The van der Waals surface area contributed by atoms with Gasteiger partial charge in [-0.05, 0) is 56.5 Å². The Morgan fingerprint density at radius 2 is 2.00 bits per heavy atom. The van der Waals surface area contributed by atoms with Gasteiger partial charge in [0.05, 0.1) is 34.8 Å². The molecule has 0 radical (unpaired) electrons. The largest absolute Gasteiger partial charge is 0.463 e. The Morgan fingerprint density at radius 3 is 2.71 bits per heavy atom. The zero-order valence-electron chi connectivity index (χ0n) is 17.6. The minimum atomic E-state index is -0.233. The summed E-state index contributed by atoms with van der Waals surface area (Å²) in [5.74, 6) is 1.32. The van der Waals surface area contributed by atoms with Crippen molar-refractivity contribution < 1.29 is 9.21 Å². The predicted molar refractivity (Wildman–Crippen MR) is 119 cm³/mol. The van der Waals surface area contributed by atoms with Crippen LogP contribution in [0.25, 0.3) is 22.5 Å². The van der Waals surface area contributed by atoms with Crippen LogP contribution < -0.4 is 10.2 Å². The number of carbonyl (C=O) groups is 1. The summed E-state index contributed by atoms with van der Waals surface area (Å²) in [4.78, 5) is 24.8. The number of fused-ring (bicyclic) bond motifs is 1. The highest BCUT2D eigenvalue weighted by Gasteiger charge is 2.20. The highest BCUT2D eigenvalue weighted by molar-refractivity contribution is 6.13. The zero-order valence-corrected chi connectivity index (χ0v) is 17.6. The number of piperidine rings is 1. The second-order valence-corrected chi connectivity index (χ2v) is 7.85. The summed E-state index contributed by atoms with van der Waals surface area (Å²) in [5.41, 5.74) is 3.12. The first-order valence-electron chi connectivity index (χ1n) is 10.5. The average molecular weight is 416 g/mol. The lowest BCUT2D eigenvalue weighted by molar-refractivity contribution is 0.102. The topological polar surface area (TPSA) is 89.1 Å². The molecule has 0 aromatic carbocycles. The van der Waals surface area contributed by atoms with Crippen molar-refractivity contribution in [3.8, 4) is 11.5 Å². The molecular formula is C23H24N6O2. The van der Waals surface area contributed by atoms with E-state index in [1.807, 2.05) is 32.2 Å². The fourth-order valence-corrected chi connectivity index (χ4v) is 4.14. The van der Waals surface area contributed by atoms with Gasteiger partial charge in [0.1, 0.15) is 11.5 Å². The second-order valence-electron chi connectivity index (χ2n) is 7.85. The van der Waals surface area contributed by atoms with Crippen molar-refractivity contribution in [2.45, 2.75) is 26.2 Å². The Morgan fingerprint density at radius 1 is 1.16 bits per heavy atom. The van der Waals surface area contributed by atoms with Gasteiger partial charge in [-0.3, -0.25) is 9.48 Å². The van der Waals surface area contributed by atoms with Crippen molar-refractivity contribution in [2.24, 2.45) is 7.05 Å². The molecule has 158 valence electrons. The predicted octanol–water partition coefficient (Wildman–Crippen LogP) is 4.17. The maximum absolute atomic E-state index is 13.3. The average Bonchev–Trinajstić information content (AvgIpc) is 3.43. The molecule has 5 rings (SSSR count). The molecule has 0 atom stereocenters. The van der Waals surface area contributed by atoms with Crippen LogP contribution in [0.1, 0.15) is 35.3 Å². The lowest BCUT2D eigenvalue weighted by atomic mass is 10.1. The van der Waals surface area contributed by atoms with Gasteiger partial charge in [-0.25, -0.2) is 9.97 Å². The van der Waals surface area contributed by atoms with Gasteiger partial charge in [-0.1, -0.05) is 0 Å². The molecule has 5 heterocycles. The van der Waals surface area contributed by atoms with E-state index >= 15 is 0 Å². The maximum atomic E-state index is 13.3. The van der Waals surface area contributed by atoms with Crippen LogP contribution in [0.15, 0.2) is 47.2 Å². The van der Waals surface area contributed by atoms with Gasteiger partial charge < -0.3 is 14.6 Å². The number of furan rings is 1. The fraction of sp³-hybridized carbons (Fsp3) is 0.304. The molecule has 8 heteroatoms. The number of rotatable bonds is 4. The van der Waals surface area contributed by atoms with Gasteiger partial charge in [0.2, 0.25) is 0 Å². The van der Waals surface area contributed by atoms with Gasteiger partial charge >= 0.3 is 0 Å². The van der Waals surface area contributed by atoms with Crippen LogP contribution in [-0.2, 0) is 7.05 Å². The lowest BCUT2D eigenvalue weighted by Crippen LogP contribution is -2.30. The van der Waals surface area contributed by atoms with Gasteiger partial charge in [-0.2, -0.15) is 5.10 Å². The van der Waals surface area contributed by atoms with Crippen molar-refractivity contribution in [1.29, 1.82) is 0 Å². The van der Waals surface area contributed by atoms with Gasteiger partial charge in [0.25, 0.3) is 5.91 Å². The third-order valence-electron chi connectivity index (χ3n) is 5.67. The number of pyridine rings is 2. The minimum Gasteiger partial charge on any atom is -0.463 e. The van der Waals surface area contributed by atoms with E-state index in [2.05, 4.69) is 25.3 Å². The number of carbonyl (C=O) groups excluding carboxylic acids is 1. The van der Waals surface area contributed by atoms with Crippen molar-refractivity contribution in [3.63, 3.8) is 0 Å². The van der Waals surface area contributed by atoms with E-state index in [1.165, 1.54) is 19.3 Å². The molecular weight excluding hydrogens is 392 g/mol. The van der Waals surface area contributed by atoms with E-state index in [1.54, 1.807) is 29.3 Å². The molecule has 0 saturated carbocycles. The number of anilines is 2. The summed E-state index contributed by atoms with van der Waals surface area (Å²) in [6.07, 6.45) is 6.97. The molecule has 1 amide bonds. The van der Waals surface area contributed by atoms with Crippen LogP contribution in [0.4, 0.5) is 11.5 Å². The van der Waals surface area contributed by atoms with Crippen LogP contribution in [0.2, 0.25) is 0 Å². The third kappa shape index (κ3) is 3.65. The number of amides is 1. The van der Waals surface area contributed by atoms with E-state index in [9.17, 15) is 4.79 Å². The highest BCUT2D eigenvalue weighted by Crippen LogP contribution is 2.28. The Kier molecular flexibility index (Phi) is 4.89. The van der Waals surface area contributed by atoms with Crippen molar-refractivity contribution in [3.05, 3.63) is 54.0 Å². The van der Waals surface area contributed by atoms with E-state index in [-0.39, 0.29) is 5.91 Å². The molecule has 1 aliphatic heterocycles. The number of nitrogens with zero attached hydrogens (tertiary/aromatic N) is 5. The zero-order chi connectivity index (χ0) is 21.4. The molecule has 1 saturated heterocycles. The number of hydrogen-bond donors (Lipinski definition) is 1. The maximum Gasteiger partial charge on any atom is 0.256 e. The van der Waals surface area contributed by atoms with Gasteiger partial charge in [0, 0.05) is 20.1 Å². The Labute approximate surface area is 179 Å². The third-order valence-corrected chi connectivity index (χ3v) is 5.67. The van der Waals surface area contributed by atoms with Crippen molar-refractivity contribution in [1.82, 2.24) is 19.7 Å². The number of aryl methyl sites for hydroxylation is 2. The molecule has 31 heavy (non-hydrogen) atoms. The number of nitrogens with one attached hydrogen (secondary N) is 1. The van der Waals surface area contributed by atoms with Crippen LogP contribution >= 0.6 is 0 Å². The Bertz CT molecular complexity index is 1220. The van der Waals surface area contributed by atoms with E-state index in [0.717, 1.165) is 30.0 Å². The highest BCUT2D eigenvalue weighted by atomic mass is 16.3. The van der Waals surface area contributed by atoms with Gasteiger partial charge in [0.15, 0.2) is 11.4 Å². The first kappa shape index (κ1) is 19.3. The smallest absolute Gasteiger partial charge is 0.256 e. The molecule has 1 fully saturated rings. The molecule has 8 nitrogen and oxygen atoms in total. The van der Waals surface area contributed by atoms with Gasteiger partial charge in [-0.15, -0.1) is 0 Å². The second kappa shape index (κ2) is 7.86. The fourth-order valence-electron chi connectivity index (χ4n) is 4.14. The monoisotopic (exact) mass is 416 g/mol. The minimum absolute atomic E-state index is 0.233. The summed E-state index contributed by atoms with van der Waals surface area (Å²) in [6.45, 7) is 3.94. The van der Waals surface area contributed by atoms with Crippen molar-refractivity contribution >= 4 is 28.4 Å². The number of aromatic nitrogens is 4. The summed E-state index contributed by atoms with van der Waals surface area (Å²) >= 11 is 0. The molecule has 0 unspecified atom stereocenters. The van der Waals surface area contributed by atoms with Crippen LogP contribution in [0, 0.1) is 6.92 Å². The molecule has 4 aromatic heterocycles. The van der Waals surface area contributed by atoms with E-state index in [0.29, 0.717) is 28.4 Å². The first-order chi connectivity index (χ1) is 15.1. The summed E-state index contributed by atoms with van der Waals surface area (Å²) in [7, 11) is 1.82.